The fourth-order valence-corrected chi connectivity index (χ4v) is 4.38. The molecule has 2 aromatic carbocycles. The Balaban J connectivity index is 2.28. The van der Waals surface area contributed by atoms with Crippen LogP contribution in [-0.4, -0.2) is 8.42 Å². The van der Waals surface area contributed by atoms with Crippen molar-refractivity contribution in [1.82, 2.24) is 0 Å². The molecule has 0 atom stereocenters. The number of halogens is 2. The van der Waals surface area contributed by atoms with E-state index >= 15 is 0 Å². The van der Waals surface area contributed by atoms with Crippen LogP contribution >= 0.6 is 47.6 Å². The van der Waals surface area contributed by atoms with E-state index in [1.165, 1.54) is 23.9 Å². The molecule has 0 aliphatic heterocycles. The third-order valence-electron chi connectivity index (χ3n) is 2.62. The third-order valence-corrected chi connectivity index (χ3v) is 5.67. The number of primary sulfonamides is 1. The fraction of sp³-hybridized carbons (Fsp3) is 0.0769. The number of sulfonamides is 1. The quantitative estimate of drug-likeness (QED) is 0.617. The van der Waals surface area contributed by atoms with Crippen LogP contribution in [0.2, 0.25) is 10.0 Å². The highest BCUT2D eigenvalue weighted by molar-refractivity contribution is 7.98. The summed E-state index contributed by atoms with van der Waals surface area (Å²) in [5.74, 6) is 0.496. The highest BCUT2D eigenvalue weighted by atomic mass is 35.5. The molecular formula is C13H11Cl2NO2S3. The summed E-state index contributed by atoms with van der Waals surface area (Å²) in [7, 11) is -3.87. The van der Waals surface area contributed by atoms with Crippen molar-refractivity contribution in [1.29, 1.82) is 0 Å². The minimum Gasteiger partial charge on any atom is -0.225 e. The topological polar surface area (TPSA) is 60.2 Å². The summed E-state index contributed by atoms with van der Waals surface area (Å²) in [6.45, 7) is 0. The average Bonchev–Trinajstić information content (AvgIpc) is 2.36. The molecule has 2 N–H and O–H groups in total. The third kappa shape index (κ3) is 4.55. The van der Waals surface area contributed by atoms with Gasteiger partial charge >= 0.3 is 0 Å². The Morgan fingerprint density at radius 2 is 1.86 bits per heavy atom. The van der Waals surface area contributed by atoms with Crippen LogP contribution in [0.1, 0.15) is 5.56 Å². The first-order valence-corrected chi connectivity index (χ1v) is 9.43. The van der Waals surface area contributed by atoms with Crippen molar-refractivity contribution in [3.8, 4) is 0 Å². The Bertz CT molecular complexity index is 779. The Kier molecular flexibility index (Phi) is 5.51. The van der Waals surface area contributed by atoms with E-state index in [1.54, 1.807) is 0 Å². The first-order valence-electron chi connectivity index (χ1n) is 5.70. The lowest BCUT2D eigenvalue weighted by Gasteiger charge is -2.09. The molecule has 0 spiro atoms. The SMILES string of the molecule is NS(=O)(=O)c1cc(CSc2cccc(S)c2)c(Cl)cc1Cl. The second-order valence-electron chi connectivity index (χ2n) is 4.21. The van der Waals surface area contributed by atoms with Gasteiger partial charge in [-0.15, -0.1) is 24.4 Å². The minimum absolute atomic E-state index is 0.0219. The summed E-state index contributed by atoms with van der Waals surface area (Å²) in [6.07, 6.45) is 0. The van der Waals surface area contributed by atoms with Crippen LogP contribution in [0.3, 0.4) is 0 Å². The molecule has 2 rings (SSSR count). The van der Waals surface area contributed by atoms with Crippen LogP contribution in [0.25, 0.3) is 0 Å². The maximum Gasteiger partial charge on any atom is 0.239 e. The maximum absolute atomic E-state index is 11.5. The Labute approximate surface area is 143 Å². The number of nitrogens with two attached hydrogens (primary N) is 1. The molecule has 112 valence electrons. The molecule has 0 saturated heterocycles. The van der Waals surface area contributed by atoms with Crippen molar-refractivity contribution >= 4 is 57.6 Å². The molecule has 0 amide bonds. The zero-order valence-corrected chi connectivity index (χ0v) is 14.6. The summed E-state index contributed by atoms with van der Waals surface area (Å²) in [5, 5.41) is 5.56. The highest BCUT2D eigenvalue weighted by Gasteiger charge is 2.16. The van der Waals surface area contributed by atoms with Gasteiger partial charge in [-0.25, -0.2) is 13.6 Å². The second-order valence-corrected chi connectivity index (χ2v) is 8.11. The summed E-state index contributed by atoms with van der Waals surface area (Å²) < 4.78 is 22.9. The van der Waals surface area contributed by atoms with Crippen LogP contribution < -0.4 is 5.14 Å². The standard InChI is InChI=1S/C13H11Cl2NO2S3/c14-11-6-12(15)13(21(16,17)18)4-8(11)7-20-10-3-1-2-9(19)5-10/h1-6,19H,7H2,(H2,16,17,18). The molecule has 3 nitrogen and oxygen atoms in total. The van der Waals surface area contributed by atoms with Crippen molar-refractivity contribution in [2.75, 3.05) is 0 Å². The van der Waals surface area contributed by atoms with Crippen molar-refractivity contribution in [3.63, 3.8) is 0 Å². The number of benzene rings is 2. The van der Waals surface area contributed by atoms with Gasteiger partial charge in [0.25, 0.3) is 0 Å². The smallest absolute Gasteiger partial charge is 0.225 e. The van der Waals surface area contributed by atoms with E-state index in [0.717, 1.165) is 9.79 Å². The molecule has 0 aliphatic carbocycles. The predicted molar refractivity (Wildman–Crippen MR) is 91.1 cm³/mol. The molecule has 0 aromatic heterocycles. The Morgan fingerprint density at radius 1 is 1.14 bits per heavy atom. The van der Waals surface area contributed by atoms with Crippen LogP contribution in [0.15, 0.2) is 51.1 Å². The lowest BCUT2D eigenvalue weighted by atomic mass is 10.2. The number of thiol groups is 1. The second kappa shape index (κ2) is 6.81. The molecular weight excluding hydrogens is 369 g/mol. The molecule has 8 heteroatoms. The van der Waals surface area contributed by atoms with E-state index in [-0.39, 0.29) is 9.92 Å². The zero-order chi connectivity index (χ0) is 15.6. The molecule has 2 aromatic rings. The van der Waals surface area contributed by atoms with E-state index in [9.17, 15) is 8.42 Å². The van der Waals surface area contributed by atoms with Gasteiger partial charge in [0, 0.05) is 20.6 Å². The van der Waals surface area contributed by atoms with E-state index in [2.05, 4.69) is 12.6 Å². The van der Waals surface area contributed by atoms with Gasteiger partial charge in [0.2, 0.25) is 10.0 Å². The molecule has 0 radical (unpaired) electrons. The molecule has 0 unspecified atom stereocenters. The largest absolute Gasteiger partial charge is 0.239 e. The van der Waals surface area contributed by atoms with Crippen LogP contribution in [0, 0.1) is 0 Å². The Hall–Kier alpha value is -0.370. The number of rotatable bonds is 4. The summed E-state index contributed by atoms with van der Waals surface area (Å²) in [6, 6.07) is 10.4. The van der Waals surface area contributed by atoms with Gasteiger partial charge in [-0.3, -0.25) is 0 Å². The van der Waals surface area contributed by atoms with Crippen molar-refractivity contribution in [2.45, 2.75) is 20.4 Å². The molecule has 0 aliphatic rings. The van der Waals surface area contributed by atoms with Gasteiger partial charge in [0.15, 0.2) is 0 Å². The summed E-state index contributed by atoms with van der Waals surface area (Å²) in [5.41, 5.74) is 0.652. The highest BCUT2D eigenvalue weighted by Crippen LogP contribution is 2.32. The van der Waals surface area contributed by atoms with Gasteiger partial charge < -0.3 is 0 Å². The zero-order valence-electron chi connectivity index (χ0n) is 10.6. The van der Waals surface area contributed by atoms with Crippen LogP contribution in [0.5, 0.6) is 0 Å². The molecule has 21 heavy (non-hydrogen) atoms. The van der Waals surface area contributed by atoms with Crippen LogP contribution in [0.4, 0.5) is 0 Å². The first kappa shape index (κ1) is 17.0. The molecule has 0 bridgehead atoms. The number of thioether (sulfide) groups is 1. The van der Waals surface area contributed by atoms with E-state index in [1.807, 2.05) is 24.3 Å². The van der Waals surface area contributed by atoms with Crippen molar-refractivity contribution in [2.24, 2.45) is 5.14 Å². The van der Waals surface area contributed by atoms with Gasteiger partial charge in [0.1, 0.15) is 4.90 Å². The van der Waals surface area contributed by atoms with Gasteiger partial charge in [0.05, 0.1) is 5.02 Å². The van der Waals surface area contributed by atoms with Gasteiger partial charge in [-0.05, 0) is 35.9 Å². The maximum atomic E-state index is 11.5. The minimum atomic E-state index is -3.87. The summed E-state index contributed by atoms with van der Waals surface area (Å²) >= 11 is 17.7. The summed E-state index contributed by atoms with van der Waals surface area (Å²) in [4.78, 5) is 1.74. The molecule has 0 fully saturated rings. The Morgan fingerprint density at radius 3 is 2.48 bits per heavy atom. The lowest BCUT2D eigenvalue weighted by Crippen LogP contribution is -2.13. The molecule has 0 saturated carbocycles. The van der Waals surface area contributed by atoms with Gasteiger partial charge in [-0.1, -0.05) is 29.3 Å². The number of hydrogen-bond acceptors (Lipinski definition) is 4. The average molecular weight is 380 g/mol. The normalized spacial score (nSPS) is 11.6. The molecule has 0 heterocycles. The predicted octanol–water partition coefficient (Wildman–Crippen LogP) is 4.22. The van der Waals surface area contributed by atoms with E-state index in [4.69, 9.17) is 28.3 Å². The van der Waals surface area contributed by atoms with E-state index < -0.39 is 10.0 Å². The first-order chi connectivity index (χ1) is 9.77. The monoisotopic (exact) mass is 379 g/mol. The van der Waals surface area contributed by atoms with Crippen LogP contribution in [-0.2, 0) is 15.8 Å². The van der Waals surface area contributed by atoms with E-state index in [0.29, 0.717) is 16.3 Å². The lowest BCUT2D eigenvalue weighted by molar-refractivity contribution is 0.598. The fourth-order valence-electron chi connectivity index (χ4n) is 1.63. The number of hydrogen-bond donors (Lipinski definition) is 2. The van der Waals surface area contributed by atoms with Gasteiger partial charge in [-0.2, -0.15) is 0 Å². The van der Waals surface area contributed by atoms with Crippen molar-refractivity contribution < 1.29 is 8.42 Å². The van der Waals surface area contributed by atoms with Crippen molar-refractivity contribution in [3.05, 3.63) is 52.0 Å².